The number of hydroxylamine groups is 2. The average molecular weight is 357 g/mol. The minimum absolute atomic E-state index is 0.0358. The summed E-state index contributed by atoms with van der Waals surface area (Å²) < 4.78 is 10.2. The minimum Gasteiger partial charge on any atom is -0.466 e. The second-order valence-electron chi connectivity index (χ2n) is 7.43. The Balaban J connectivity index is 2.41. The lowest BCUT2D eigenvalue weighted by atomic mass is 9.89. The molecule has 8 nitrogen and oxygen atoms in total. The Morgan fingerprint density at radius 1 is 1.24 bits per heavy atom. The number of hydrogen-bond donors (Lipinski definition) is 1. The number of ether oxygens (including phenoxy) is 2. The first-order chi connectivity index (χ1) is 11.6. The monoisotopic (exact) mass is 357 g/mol. The first-order valence-electron chi connectivity index (χ1n) is 8.59. The van der Waals surface area contributed by atoms with Crippen LogP contribution >= 0.6 is 0 Å². The lowest BCUT2D eigenvalue weighted by Crippen LogP contribution is -2.58. The Morgan fingerprint density at radius 3 is 2.32 bits per heavy atom. The van der Waals surface area contributed by atoms with E-state index in [1.165, 1.54) is 0 Å². The van der Waals surface area contributed by atoms with Gasteiger partial charge in [-0.05, 0) is 34.6 Å². The van der Waals surface area contributed by atoms with Crippen molar-refractivity contribution in [1.29, 1.82) is 0 Å². The van der Waals surface area contributed by atoms with Gasteiger partial charge in [-0.15, -0.1) is 0 Å². The molecule has 0 bridgehead atoms. The molecule has 2 aliphatic rings. The van der Waals surface area contributed by atoms with Crippen LogP contribution in [0.4, 0.5) is 0 Å². The number of carbonyl (C=O) groups is 3. The standard InChI is InChI=1S/C17H27NO7/c1-6-23-14(21)12-11-10(20)8-17(13(11)12,15(22)24-7-2)18(9-19)25-16(3,4)5/h9-13,20H,6-8H2,1-5H3. The van der Waals surface area contributed by atoms with Crippen molar-refractivity contribution in [3.63, 3.8) is 0 Å². The molecule has 5 unspecified atom stereocenters. The zero-order valence-electron chi connectivity index (χ0n) is 15.4. The van der Waals surface area contributed by atoms with Crippen molar-refractivity contribution < 1.29 is 33.8 Å². The molecule has 2 aliphatic carbocycles. The summed E-state index contributed by atoms with van der Waals surface area (Å²) in [5.74, 6) is -2.85. The molecule has 0 aliphatic heterocycles. The van der Waals surface area contributed by atoms with E-state index in [9.17, 15) is 19.5 Å². The smallest absolute Gasteiger partial charge is 0.335 e. The maximum atomic E-state index is 12.8. The normalized spacial score (nSPS) is 33.4. The van der Waals surface area contributed by atoms with E-state index in [2.05, 4.69) is 0 Å². The number of carbonyl (C=O) groups excluding carboxylic acids is 3. The van der Waals surface area contributed by atoms with Crippen LogP contribution < -0.4 is 0 Å². The predicted octanol–water partition coefficient (Wildman–Crippen LogP) is 0.667. The second kappa shape index (κ2) is 6.92. The van der Waals surface area contributed by atoms with Gasteiger partial charge in [0.25, 0.3) is 0 Å². The van der Waals surface area contributed by atoms with Crippen LogP contribution in [0.2, 0.25) is 0 Å². The molecule has 0 saturated heterocycles. The Kier molecular flexibility index (Phi) is 5.44. The van der Waals surface area contributed by atoms with Crippen LogP contribution in [0, 0.1) is 17.8 Å². The Morgan fingerprint density at radius 2 is 1.84 bits per heavy atom. The number of esters is 2. The van der Waals surface area contributed by atoms with Crippen molar-refractivity contribution in [3.8, 4) is 0 Å². The summed E-state index contributed by atoms with van der Waals surface area (Å²) in [6.07, 6.45) is -0.543. The highest BCUT2D eigenvalue weighted by molar-refractivity contribution is 5.89. The van der Waals surface area contributed by atoms with E-state index >= 15 is 0 Å². The van der Waals surface area contributed by atoms with E-state index in [1.807, 2.05) is 0 Å². The molecule has 0 heterocycles. The SMILES string of the molecule is CCOC(=O)C1C2C(O)CC(C(=O)OCC)(N(C=O)OC(C)(C)C)C12. The quantitative estimate of drug-likeness (QED) is 0.406. The van der Waals surface area contributed by atoms with E-state index in [4.69, 9.17) is 14.3 Å². The van der Waals surface area contributed by atoms with Gasteiger partial charge >= 0.3 is 11.9 Å². The fourth-order valence-electron chi connectivity index (χ4n) is 3.86. The molecule has 2 saturated carbocycles. The maximum Gasteiger partial charge on any atom is 0.335 e. The van der Waals surface area contributed by atoms with Crippen LogP contribution in [-0.2, 0) is 28.7 Å². The Bertz CT molecular complexity index is 544. The van der Waals surface area contributed by atoms with Gasteiger partial charge in [0.15, 0.2) is 5.54 Å². The number of hydrogen-bond acceptors (Lipinski definition) is 7. The third kappa shape index (κ3) is 3.37. The van der Waals surface area contributed by atoms with Gasteiger partial charge < -0.3 is 14.6 Å². The van der Waals surface area contributed by atoms with Crippen LogP contribution in [0.1, 0.15) is 41.0 Å². The molecule has 2 fully saturated rings. The first-order valence-corrected chi connectivity index (χ1v) is 8.59. The highest BCUT2D eigenvalue weighted by atomic mass is 16.7. The lowest BCUT2D eigenvalue weighted by molar-refractivity contribution is -0.262. The number of aliphatic hydroxyl groups is 1. The van der Waals surface area contributed by atoms with Crippen LogP contribution in [0.15, 0.2) is 0 Å². The molecule has 5 atom stereocenters. The Hall–Kier alpha value is -1.67. The maximum absolute atomic E-state index is 12.8. The molecule has 0 aromatic rings. The number of amides is 1. The zero-order chi connectivity index (χ0) is 19.0. The van der Waals surface area contributed by atoms with Gasteiger partial charge in [0.05, 0.1) is 30.8 Å². The molecule has 0 aromatic carbocycles. The van der Waals surface area contributed by atoms with Crippen molar-refractivity contribution in [2.75, 3.05) is 13.2 Å². The highest BCUT2D eigenvalue weighted by Crippen LogP contribution is 2.65. The third-order valence-corrected chi connectivity index (χ3v) is 4.64. The summed E-state index contributed by atoms with van der Waals surface area (Å²) in [4.78, 5) is 42.4. The summed E-state index contributed by atoms with van der Waals surface area (Å²) in [5, 5.41) is 11.3. The molecule has 2 rings (SSSR count). The van der Waals surface area contributed by atoms with Crippen LogP contribution in [0.3, 0.4) is 0 Å². The minimum atomic E-state index is -1.54. The number of aliphatic hydroxyl groups excluding tert-OH is 1. The number of nitrogens with zero attached hydrogens (tertiary/aromatic N) is 1. The van der Waals surface area contributed by atoms with Crippen LogP contribution in [0.5, 0.6) is 0 Å². The molecule has 0 spiro atoms. The molecule has 8 heteroatoms. The van der Waals surface area contributed by atoms with E-state index in [1.54, 1.807) is 34.6 Å². The summed E-state index contributed by atoms with van der Waals surface area (Å²) in [6.45, 7) is 8.86. The molecular weight excluding hydrogens is 330 g/mol. The topological polar surface area (TPSA) is 102 Å². The molecule has 1 N–H and O–H groups in total. The summed E-state index contributed by atoms with van der Waals surface area (Å²) in [6, 6.07) is 0. The molecule has 142 valence electrons. The molecule has 0 aromatic heterocycles. The van der Waals surface area contributed by atoms with Gasteiger partial charge in [0.1, 0.15) is 0 Å². The average Bonchev–Trinajstić information content (AvgIpc) is 3.19. The van der Waals surface area contributed by atoms with Gasteiger partial charge in [-0.25, -0.2) is 9.86 Å². The number of rotatable bonds is 7. The van der Waals surface area contributed by atoms with E-state index < -0.39 is 46.9 Å². The molecule has 0 radical (unpaired) electrons. The van der Waals surface area contributed by atoms with E-state index in [0.717, 1.165) is 5.06 Å². The summed E-state index contributed by atoms with van der Waals surface area (Å²) in [5.41, 5.74) is -2.29. The van der Waals surface area contributed by atoms with Crippen LogP contribution in [-0.4, -0.2) is 59.0 Å². The fourth-order valence-corrected chi connectivity index (χ4v) is 3.86. The van der Waals surface area contributed by atoms with Crippen molar-refractivity contribution in [1.82, 2.24) is 5.06 Å². The highest BCUT2D eigenvalue weighted by Gasteiger charge is 2.78. The van der Waals surface area contributed by atoms with E-state index in [0.29, 0.717) is 6.41 Å². The van der Waals surface area contributed by atoms with Gasteiger partial charge in [0, 0.05) is 18.3 Å². The Labute approximate surface area is 147 Å². The lowest BCUT2D eigenvalue weighted by Gasteiger charge is -2.40. The van der Waals surface area contributed by atoms with Crippen molar-refractivity contribution >= 4 is 18.3 Å². The van der Waals surface area contributed by atoms with Gasteiger partial charge in [0.2, 0.25) is 6.41 Å². The number of fused-ring (bicyclic) bond motifs is 1. The van der Waals surface area contributed by atoms with Gasteiger partial charge in [-0.2, -0.15) is 0 Å². The summed E-state index contributed by atoms with van der Waals surface area (Å²) in [7, 11) is 0. The van der Waals surface area contributed by atoms with Gasteiger partial charge in [-0.3, -0.25) is 14.4 Å². The zero-order valence-corrected chi connectivity index (χ0v) is 15.4. The molecule has 1 amide bonds. The summed E-state index contributed by atoms with van der Waals surface area (Å²) >= 11 is 0. The predicted molar refractivity (Wildman–Crippen MR) is 85.8 cm³/mol. The molecular formula is C17H27NO7. The van der Waals surface area contributed by atoms with Crippen molar-refractivity contribution in [3.05, 3.63) is 0 Å². The van der Waals surface area contributed by atoms with E-state index in [-0.39, 0.29) is 19.6 Å². The third-order valence-electron chi connectivity index (χ3n) is 4.64. The largest absolute Gasteiger partial charge is 0.466 e. The second-order valence-corrected chi connectivity index (χ2v) is 7.43. The molecule has 25 heavy (non-hydrogen) atoms. The van der Waals surface area contributed by atoms with Crippen molar-refractivity contribution in [2.45, 2.75) is 58.3 Å². The first kappa shape index (κ1) is 19.7. The van der Waals surface area contributed by atoms with Crippen molar-refractivity contribution in [2.24, 2.45) is 17.8 Å². The van der Waals surface area contributed by atoms with Crippen LogP contribution in [0.25, 0.3) is 0 Å². The van der Waals surface area contributed by atoms with Gasteiger partial charge in [-0.1, -0.05) is 0 Å². The fraction of sp³-hybridized carbons (Fsp3) is 0.824.